The number of allylic oxidation sites excluding steroid dienone is 2. The predicted octanol–water partition coefficient (Wildman–Crippen LogP) is 7.19. The lowest BCUT2D eigenvalue weighted by Crippen LogP contribution is -1.99. The van der Waals surface area contributed by atoms with E-state index < -0.39 is 0 Å². The molecule has 0 aliphatic heterocycles. The first-order valence-electron chi connectivity index (χ1n) is 10.9. The topological polar surface area (TPSA) is 27.1 Å². The number of aryl methyl sites for hydroxylation is 1. The molecule has 32 heavy (non-hydrogen) atoms. The molecule has 4 heteroatoms. The molecule has 0 saturated carbocycles. The zero-order chi connectivity index (χ0) is 22.2. The van der Waals surface area contributed by atoms with Gasteiger partial charge in [-0.25, -0.2) is 4.39 Å². The smallest absolute Gasteiger partial charge is 0.165 e. The van der Waals surface area contributed by atoms with Gasteiger partial charge in [-0.1, -0.05) is 48.6 Å². The highest BCUT2D eigenvalue weighted by Crippen LogP contribution is 2.21. The fourth-order valence-corrected chi connectivity index (χ4v) is 3.55. The van der Waals surface area contributed by atoms with Crippen molar-refractivity contribution >= 4 is 23.1 Å². The van der Waals surface area contributed by atoms with Crippen LogP contribution in [-0.2, 0) is 13.7 Å². The molecule has 162 valence electrons. The molecule has 4 aromatic rings. The third kappa shape index (κ3) is 5.73. The van der Waals surface area contributed by atoms with Crippen LogP contribution in [0, 0.1) is 5.82 Å². The highest BCUT2D eigenvalue weighted by molar-refractivity contribution is 5.82. The SMILES string of the molecule is Cn1ccc2ccc(/C=C/CCC/C=C/c3ccc(OCc4ccccn4)c(F)c3)cc21. The van der Waals surface area contributed by atoms with Gasteiger partial charge < -0.3 is 9.30 Å². The summed E-state index contributed by atoms with van der Waals surface area (Å²) in [6, 6.07) is 19.3. The summed E-state index contributed by atoms with van der Waals surface area (Å²) in [6.45, 7) is 0.250. The summed E-state index contributed by atoms with van der Waals surface area (Å²) in [5, 5.41) is 1.26. The van der Waals surface area contributed by atoms with Crippen molar-refractivity contribution in [1.82, 2.24) is 9.55 Å². The van der Waals surface area contributed by atoms with Crippen LogP contribution in [0.2, 0.25) is 0 Å². The van der Waals surface area contributed by atoms with Crippen LogP contribution >= 0.6 is 0 Å². The molecule has 0 aliphatic rings. The first-order chi connectivity index (χ1) is 15.7. The molecule has 2 heterocycles. The summed E-state index contributed by atoms with van der Waals surface area (Å²) in [4.78, 5) is 4.18. The van der Waals surface area contributed by atoms with Crippen molar-refractivity contribution in [2.75, 3.05) is 0 Å². The van der Waals surface area contributed by atoms with E-state index in [0.717, 1.165) is 30.5 Å². The summed E-state index contributed by atoms with van der Waals surface area (Å²) >= 11 is 0. The second kappa shape index (κ2) is 10.6. The zero-order valence-corrected chi connectivity index (χ0v) is 18.2. The summed E-state index contributed by atoms with van der Waals surface area (Å²) in [5.74, 6) is -0.118. The van der Waals surface area contributed by atoms with Gasteiger partial charge in [0.25, 0.3) is 0 Å². The molecular formula is C28H27FN2O. The molecule has 0 amide bonds. The van der Waals surface area contributed by atoms with Crippen LogP contribution in [-0.4, -0.2) is 9.55 Å². The third-order valence-electron chi connectivity index (χ3n) is 5.33. The van der Waals surface area contributed by atoms with E-state index in [-0.39, 0.29) is 18.2 Å². The minimum Gasteiger partial charge on any atom is -0.484 e. The van der Waals surface area contributed by atoms with Gasteiger partial charge in [-0.15, -0.1) is 0 Å². The fourth-order valence-electron chi connectivity index (χ4n) is 3.55. The molecule has 0 aliphatic carbocycles. The minimum absolute atomic E-state index is 0.242. The molecule has 4 rings (SSSR count). The lowest BCUT2D eigenvalue weighted by Gasteiger charge is -2.07. The Balaban J connectivity index is 1.22. The van der Waals surface area contributed by atoms with Gasteiger partial charge in [-0.05, 0) is 72.2 Å². The monoisotopic (exact) mass is 426 g/mol. The van der Waals surface area contributed by atoms with Crippen molar-refractivity contribution < 1.29 is 9.13 Å². The molecule has 0 radical (unpaired) electrons. The van der Waals surface area contributed by atoms with Gasteiger partial charge in [0.15, 0.2) is 11.6 Å². The number of benzene rings is 2. The molecule has 0 bridgehead atoms. The quantitative estimate of drug-likeness (QED) is 0.265. The normalized spacial score (nSPS) is 11.7. The molecule has 0 atom stereocenters. The van der Waals surface area contributed by atoms with E-state index in [4.69, 9.17) is 4.74 Å². The van der Waals surface area contributed by atoms with E-state index in [1.807, 2.05) is 30.3 Å². The van der Waals surface area contributed by atoms with E-state index in [9.17, 15) is 4.39 Å². The summed E-state index contributed by atoms with van der Waals surface area (Å²) in [6.07, 6.45) is 15.2. The van der Waals surface area contributed by atoms with Crippen LogP contribution < -0.4 is 4.74 Å². The Morgan fingerprint density at radius 1 is 0.938 bits per heavy atom. The van der Waals surface area contributed by atoms with Crippen LogP contribution in [0.5, 0.6) is 5.75 Å². The fraction of sp³-hybridized carbons (Fsp3) is 0.179. The molecule has 0 unspecified atom stereocenters. The largest absolute Gasteiger partial charge is 0.484 e. The molecule has 0 N–H and O–H groups in total. The highest BCUT2D eigenvalue weighted by Gasteiger charge is 2.04. The molecular weight excluding hydrogens is 399 g/mol. The molecule has 3 nitrogen and oxygen atoms in total. The van der Waals surface area contributed by atoms with Crippen molar-refractivity contribution in [3.63, 3.8) is 0 Å². The van der Waals surface area contributed by atoms with Gasteiger partial charge in [-0.3, -0.25) is 4.98 Å². The molecule has 0 fully saturated rings. The van der Waals surface area contributed by atoms with Gasteiger partial charge in [0.05, 0.1) is 5.69 Å². The molecule has 0 saturated heterocycles. The van der Waals surface area contributed by atoms with Gasteiger partial charge in [-0.2, -0.15) is 0 Å². The lowest BCUT2D eigenvalue weighted by atomic mass is 10.1. The molecule has 2 aromatic heterocycles. The van der Waals surface area contributed by atoms with Crippen molar-refractivity contribution in [3.05, 3.63) is 108 Å². The van der Waals surface area contributed by atoms with Crippen LogP contribution in [0.15, 0.2) is 85.2 Å². The van der Waals surface area contributed by atoms with Crippen LogP contribution in [0.3, 0.4) is 0 Å². The van der Waals surface area contributed by atoms with Crippen molar-refractivity contribution in [2.24, 2.45) is 7.05 Å². The summed E-state index contributed by atoms with van der Waals surface area (Å²) in [5.41, 5.74) is 4.07. The third-order valence-corrected chi connectivity index (χ3v) is 5.33. The van der Waals surface area contributed by atoms with Crippen LogP contribution in [0.4, 0.5) is 4.39 Å². The Bertz CT molecular complexity index is 1220. The Morgan fingerprint density at radius 3 is 2.47 bits per heavy atom. The van der Waals surface area contributed by atoms with Crippen LogP contribution in [0.25, 0.3) is 23.1 Å². The number of unbranched alkanes of at least 4 members (excludes halogenated alkanes) is 2. The van der Waals surface area contributed by atoms with Gasteiger partial charge >= 0.3 is 0 Å². The molecule has 0 spiro atoms. The number of fused-ring (bicyclic) bond motifs is 1. The maximum atomic E-state index is 14.3. The van der Waals surface area contributed by atoms with E-state index in [0.29, 0.717) is 0 Å². The second-order valence-electron chi connectivity index (χ2n) is 7.78. The number of nitrogens with zero attached hydrogens (tertiary/aromatic N) is 2. The summed E-state index contributed by atoms with van der Waals surface area (Å²) in [7, 11) is 2.07. The predicted molar refractivity (Wildman–Crippen MR) is 130 cm³/mol. The number of rotatable bonds is 9. The number of hydrogen-bond donors (Lipinski definition) is 0. The molecule has 2 aromatic carbocycles. The van der Waals surface area contributed by atoms with Crippen molar-refractivity contribution in [3.8, 4) is 5.75 Å². The van der Waals surface area contributed by atoms with E-state index in [2.05, 4.69) is 65.3 Å². The average Bonchev–Trinajstić information content (AvgIpc) is 3.18. The zero-order valence-electron chi connectivity index (χ0n) is 18.2. The number of hydrogen-bond acceptors (Lipinski definition) is 2. The number of pyridine rings is 1. The van der Waals surface area contributed by atoms with Crippen molar-refractivity contribution in [2.45, 2.75) is 25.9 Å². The Morgan fingerprint density at radius 2 is 1.72 bits per heavy atom. The average molecular weight is 427 g/mol. The number of aromatic nitrogens is 2. The van der Waals surface area contributed by atoms with E-state index in [1.165, 1.54) is 22.5 Å². The minimum atomic E-state index is -0.360. The Kier molecular flexibility index (Phi) is 7.13. The second-order valence-corrected chi connectivity index (χ2v) is 7.78. The number of ether oxygens (including phenoxy) is 1. The lowest BCUT2D eigenvalue weighted by molar-refractivity contribution is 0.286. The van der Waals surface area contributed by atoms with Crippen LogP contribution in [0.1, 0.15) is 36.1 Å². The van der Waals surface area contributed by atoms with Gasteiger partial charge in [0.2, 0.25) is 0 Å². The van der Waals surface area contributed by atoms with Gasteiger partial charge in [0.1, 0.15) is 6.61 Å². The summed E-state index contributed by atoms with van der Waals surface area (Å²) < 4.78 is 22.0. The maximum Gasteiger partial charge on any atom is 0.165 e. The first-order valence-corrected chi connectivity index (χ1v) is 10.9. The Labute approximate surface area is 188 Å². The highest BCUT2D eigenvalue weighted by atomic mass is 19.1. The first kappa shape index (κ1) is 21.6. The van der Waals surface area contributed by atoms with Crippen molar-refractivity contribution in [1.29, 1.82) is 0 Å². The Hall–Kier alpha value is -3.66. The van der Waals surface area contributed by atoms with Gasteiger partial charge in [0, 0.05) is 25.0 Å². The standard InChI is InChI=1S/C28H27FN2O/c1-31-18-16-24-14-12-23(20-27(24)31)10-6-4-2-3-5-9-22-13-15-28(26(29)19-22)32-21-25-11-7-8-17-30-25/h5-20H,2-4,21H2,1H3/b9-5+,10-6+. The van der Waals surface area contributed by atoms with E-state index in [1.54, 1.807) is 12.3 Å². The number of halogens is 1. The maximum absolute atomic E-state index is 14.3. The van der Waals surface area contributed by atoms with E-state index >= 15 is 0 Å².